The highest BCUT2D eigenvalue weighted by atomic mass is 32.2. The molecule has 0 unspecified atom stereocenters. The Balaban J connectivity index is 2.11. The van der Waals surface area contributed by atoms with Crippen molar-refractivity contribution in [1.29, 1.82) is 0 Å². The normalized spacial score (nSPS) is 12.1. The molecule has 1 aromatic carbocycles. The maximum absolute atomic E-state index is 11.5. The summed E-state index contributed by atoms with van der Waals surface area (Å²) >= 11 is 3.01. The molecule has 0 radical (unpaired) electrons. The van der Waals surface area contributed by atoms with Gasteiger partial charge in [0.15, 0.2) is 9.84 Å². The first-order chi connectivity index (χ1) is 8.93. The lowest BCUT2D eigenvalue weighted by Crippen LogP contribution is -1.93. The van der Waals surface area contributed by atoms with Crippen LogP contribution in [0.1, 0.15) is 5.56 Å². The van der Waals surface area contributed by atoms with Gasteiger partial charge in [0.25, 0.3) is 0 Å². The average Bonchev–Trinajstić information content (AvgIpc) is 2.92. The number of benzene rings is 1. The summed E-state index contributed by atoms with van der Waals surface area (Å²) in [6.07, 6.45) is 1.22. The molecule has 0 amide bonds. The largest absolute Gasteiger partial charge is 0.235 e. The predicted octanol–water partition coefficient (Wildman–Crippen LogP) is 3.74. The Bertz CT molecular complexity index is 859. The first-order valence-corrected chi connectivity index (χ1v) is 9.18. The SMILES string of the molecule is Cc1ccc2sc(-c3cc(S(C)(=O)=O)cs3)nc2c1. The van der Waals surface area contributed by atoms with E-state index in [1.807, 2.05) is 13.0 Å². The van der Waals surface area contributed by atoms with E-state index >= 15 is 0 Å². The summed E-state index contributed by atoms with van der Waals surface area (Å²) in [4.78, 5) is 5.84. The molecule has 0 aliphatic rings. The standard InChI is InChI=1S/C13H11NO2S3/c1-8-3-4-11-10(5-8)14-13(18-11)12-6-9(7-17-12)19(2,15)16/h3-7H,1-2H3. The van der Waals surface area contributed by atoms with E-state index in [-0.39, 0.29) is 0 Å². The van der Waals surface area contributed by atoms with Gasteiger partial charge in [-0.3, -0.25) is 0 Å². The molecule has 0 aliphatic carbocycles. The van der Waals surface area contributed by atoms with Crippen molar-refractivity contribution in [2.45, 2.75) is 11.8 Å². The van der Waals surface area contributed by atoms with Crippen molar-refractivity contribution in [3.63, 3.8) is 0 Å². The third-order valence-electron chi connectivity index (χ3n) is 2.76. The number of rotatable bonds is 2. The Morgan fingerprint density at radius 3 is 2.68 bits per heavy atom. The third kappa shape index (κ3) is 2.43. The van der Waals surface area contributed by atoms with Gasteiger partial charge in [0.1, 0.15) is 5.01 Å². The zero-order chi connectivity index (χ0) is 13.6. The van der Waals surface area contributed by atoms with Gasteiger partial charge in [-0.1, -0.05) is 6.07 Å². The van der Waals surface area contributed by atoms with Crippen LogP contribution in [0.4, 0.5) is 0 Å². The lowest BCUT2D eigenvalue weighted by molar-refractivity contribution is 0.602. The van der Waals surface area contributed by atoms with Crippen molar-refractivity contribution in [2.24, 2.45) is 0 Å². The van der Waals surface area contributed by atoms with Crippen LogP contribution in [0.5, 0.6) is 0 Å². The first-order valence-electron chi connectivity index (χ1n) is 5.60. The monoisotopic (exact) mass is 309 g/mol. The fourth-order valence-electron chi connectivity index (χ4n) is 1.77. The number of aromatic nitrogens is 1. The number of hydrogen-bond acceptors (Lipinski definition) is 5. The number of thiazole rings is 1. The molecule has 0 aliphatic heterocycles. The molecule has 3 rings (SSSR count). The van der Waals surface area contributed by atoms with Crippen molar-refractivity contribution in [3.8, 4) is 9.88 Å². The molecule has 3 aromatic rings. The molecular weight excluding hydrogens is 298 g/mol. The lowest BCUT2D eigenvalue weighted by Gasteiger charge is -1.89. The van der Waals surface area contributed by atoms with Gasteiger partial charge in [0, 0.05) is 11.6 Å². The van der Waals surface area contributed by atoms with Gasteiger partial charge < -0.3 is 0 Å². The van der Waals surface area contributed by atoms with Gasteiger partial charge in [0.05, 0.1) is 20.0 Å². The van der Waals surface area contributed by atoms with Gasteiger partial charge in [-0.05, 0) is 30.7 Å². The number of nitrogens with zero attached hydrogens (tertiary/aromatic N) is 1. The summed E-state index contributed by atoms with van der Waals surface area (Å²) in [6.45, 7) is 2.03. The second-order valence-electron chi connectivity index (χ2n) is 4.41. The van der Waals surface area contributed by atoms with Crippen LogP contribution in [0.25, 0.3) is 20.1 Å². The molecule has 0 atom stereocenters. The number of fused-ring (bicyclic) bond motifs is 1. The van der Waals surface area contributed by atoms with Gasteiger partial charge >= 0.3 is 0 Å². The van der Waals surface area contributed by atoms with Crippen LogP contribution in [0, 0.1) is 6.92 Å². The van der Waals surface area contributed by atoms with Crippen LogP contribution in [-0.2, 0) is 9.84 Å². The van der Waals surface area contributed by atoms with Gasteiger partial charge in [0.2, 0.25) is 0 Å². The van der Waals surface area contributed by atoms with E-state index < -0.39 is 9.84 Å². The highest BCUT2D eigenvalue weighted by Gasteiger charge is 2.13. The number of hydrogen-bond donors (Lipinski definition) is 0. The highest BCUT2D eigenvalue weighted by molar-refractivity contribution is 7.90. The second-order valence-corrected chi connectivity index (χ2v) is 8.37. The molecule has 6 heteroatoms. The van der Waals surface area contributed by atoms with Crippen molar-refractivity contribution < 1.29 is 8.42 Å². The molecule has 19 heavy (non-hydrogen) atoms. The Kier molecular flexibility index (Phi) is 2.96. The predicted molar refractivity (Wildman–Crippen MR) is 80.8 cm³/mol. The Hall–Kier alpha value is -1.24. The zero-order valence-corrected chi connectivity index (χ0v) is 12.8. The maximum Gasteiger partial charge on any atom is 0.176 e. The van der Waals surface area contributed by atoms with E-state index in [1.54, 1.807) is 22.8 Å². The van der Waals surface area contributed by atoms with E-state index in [4.69, 9.17) is 0 Å². The molecule has 0 spiro atoms. The smallest absolute Gasteiger partial charge is 0.176 e. The Labute approximate surface area is 119 Å². The van der Waals surface area contributed by atoms with Crippen LogP contribution in [0.3, 0.4) is 0 Å². The molecule has 98 valence electrons. The topological polar surface area (TPSA) is 47.0 Å². The summed E-state index contributed by atoms with van der Waals surface area (Å²) in [6, 6.07) is 7.85. The third-order valence-corrected chi connectivity index (χ3v) is 6.13. The fourth-order valence-corrected chi connectivity index (χ4v) is 4.80. The van der Waals surface area contributed by atoms with Crippen LogP contribution >= 0.6 is 22.7 Å². The minimum Gasteiger partial charge on any atom is -0.235 e. The fraction of sp³-hybridized carbons (Fsp3) is 0.154. The Morgan fingerprint density at radius 2 is 2.00 bits per heavy atom. The molecule has 2 heterocycles. The molecular formula is C13H11NO2S3. The van der Waals surface area contributed by atoms with Crippen molar-refractivity contribution >= 4 is 42.7 Å². The summed E-state index contributed by atoms with van der Waals surface area (Å²) in [5.41, 5.74) is 2.14. The molecule has 0 N–H and O–H groups in total. The molecule has 0 bridgehead atoms. The second kappa shape index (κ2) is 4.40. The molecule has 2 aromatic heterocycles. The van der Waals surface area contributed by atoms with Gasteiger partial charge in [-0.15, -0.1) is 22.7 Å². The molecule has 0 fully saturated rings. The maximum atomic E-state index is 11.5. The number of aryl methyl sites for hydroxylation is 1. The minimum absolute atomic E-state index is 0.364. The van der Waals surface area contributed by atoms with E-state index in [2.05, 4.69) is 17.1 Å². The zero-order valence-electron chi connectivity index (χ0n) is 10.4. The minimum atomic E-state index is -3.14. The molecule has 0 saturated heterocycles. The van der Waals surface area contributed by atoms with E-state index in [9.17, 15) is 8.42 Å². The van der Waals surface area contributed by atoms with E-state index in [0.29, 0.717) is 4.90 Å². The summed E-state index contributed by atoms with van der Waals surface area (Å²) < 4.78 is 24.1. The van der Waals surface area contributed by atoms with Crippen LogP contribution < -0.4 is 0 Å². The van der Waals surface area contributed by atoms with E-state index in [1.165, 1.54) is 23.2 Å². The number of sulfone groups is 1. The molecule has 0 saturated carbocycles. The summed E-state index contributed by atoms with van der Waals surface area (Å²) in [5, 5.41) is 2.54. The van der Waals surface area contributed by atoms with Crippen LogP contribution in [0.2, 0.25) is 0 Å². The lowest BCUT2D eigenvalue weighted by atomic mass is 10.2. The quantitative estimate of drug-likeness (QED) is 0.724. The number of thiophene rings is 1. The molecule has 3 nitrogen and oxygen atoms in total. The van der Waals surface area contributed by atoms with Crippen molar-refractivity contribution in [2.75, 3.05) is 6.26 Å². The van der Waals surface area contributed by atoms with E-state index in [0.717, 1.165) is 20.1 Å². The van der Waals surface area contributed by atoms with Crippen LogP contribution in [-0.4, -0.2) is 19.7 Å². The Morgan fingerprint density at radius 1 is 1.21 bits per heavy atom. The van der Waals surface area contributed by atoms with Gasteiger partial charge in [-0.25, -0.2) is 13.4 Å². The first kappa shape index (κ1) is 12.8. The van der Waals surface area contributed by atoms with Crippen LogP contribution in [0.15, 0.2) is 34.5 Å². The van der Waals surface area contributed by atoms with Crippen molar-refractivity contribution in [1.82, 2.24) is 4.98 Å². The highest BCUT2D eigenvalue weighted by Crippen LogP contribution is 2.35. The summed E-state index contributed by atoms with van der Waals surface area (Å²) in [7, 11) is -3.14. The average molecular weight is 309 g/mol. The van der Waals surface area contributed by atoms with Crippen molar-refractivity contribution in [3.05, 3.63) is 35.2 Å². The van der Waals surface area contributed by atoms with Gasteiger partial charge in [-0.2, -0.15) is 0 Å². The summed E-state index contributed by atoms with van der Waals surface area (Å²) in [5.74, 6) is 0.